The minimum absolute atomic E-state index is 0.234. The quantitative estimate of drug-likeness (QED) is 0.446. The van der Waals surface area contributed by atoms with Gasteiger partial charge in [0.25, 0.3) is 5.56 Å². The Bertz CT molecular complexity index is 1710. The smallest absolute Gasteiger partial charge is 0.280 e. The van der Waals surface area contributed by atoms with Crippen molar-refractivity contribution in [3.63, 3.8) is 0 Å². The van der Waals surface area contributed by atoms with Crippen molar-refractivity contribution in [1.82, 2.24) is 29.4 Å². The fourth-order valence-corrected chi connectivity index (χ4v) is 4.41. The number of H-pyrrole nitrogens is 1. The fourth-order valence-electron chi connectivity index (χ4n) is 4.41. The predicted octanol–water partition coefficient (Wildman–Crippen LogP) is 4.28. The second-order valence-corrected chi connectivity index (χ2v) is 8.06. The van der Waals surface area contributed by atoms with Crippen LogP contribution in [0.15, 0.2) is 71.8 Å². The van der Waals surface area contributed by atoms with Crippen LogP contribution in [0.1, 0.15) is 11.3 Å². The Morgan fingerprint density at radius 2 is 1.91 bits per heavy atom. The maximum atomic E-state index is 13.7. The summed E-state index contributed by atoms with van der Waals surface area (Å²) in [6.45, 7) is 2.36. The molecular formula is C25H19FN6O. The molecule has 162 valence electrons. The zero-order valence-electron chi connectivity index (χ0n) is 17.8. The third-order valence-corrected chi connectivity index (χ3v) is 6.04. The van der Waals surface area contributed by atoms with Crippen LogP contribution in [0.5, 0.6) is 0 Å². The molecule has 0 aliphatic carbocycles. The third-order valence-electron chi connectivity index (χ3n) is 6.04. The van der Waals surface area contributed by atoms with Gasteiger partial charge in [-0.3, -0.25) is 4.79 Å². The normalized spacial score (nSPS) is 11.7. The number of fused-ring (bicyclic) bond motifs is 4. The van der Waals surface area contributed by atoms with Gasteiger partial charge in [-0.25, -0.2) is 8.91 Å². The largest absolute Gasteiger partial charge is 0.361 e. The zero-order chi connectivity index (χ0) is 22.5. The number of pyridine rings is 1. The summed E-state index contributed by atoms with van der Waals surface area (Å²) in [7, 11) is 0. The van der Waals surface area contributed by atoms with Gasteiger partial charge in [0.05, 0.1) is 11.3 Å². The minimum Gasteiger partial charge on any atom is -0.361 e. The molecule has 2 aromatic carbocycles. The molecule has 6 rings (SSSR count). The first-order valence-corrected chi connectivity index (χ1v) is 10.7. The summed E-state index contributed by atoms with van der Waals surface area (Å²) in [4.78, 5) is 16.3. The molecule has 0 atom stereocenters. The van der Waals surface area contributed by atoms with Crippen LogP contribution in [0.4, 0.5) is 4.39 Å². The van der Waals surface area contributed by atoms with Crippen LogP contribution in [0.2, 0.25) is 0 Å². The van der Waals surface area contributed by atoms with E-state index in [0.717, 1.165) is 33.3 Å². The molecule has 0 amide bonds. The molecule has 0 aliphatic rings. The number of nitrogens with zero attached hydrogens (tertiary/aromatic N) is 5. The highest BCUT2D eigenvalue weighted by molar-refractivity contribution is 5.85. The average Bonchev–Trinajstić information content (AvgIpc) is 3.38. The molecule has 4 aromatic heterocycles. The molecule has 7 nitrogen and oxygen atoms in total. The Morgan fingerprint density at radius 3 is 2.76 bits per heavy atom. The van der Waals surface area contributed by atoms with Gasteiger partial charge in [-0.2, -0.15) is 5.10 Å². The Hall–Kier alpha value is -4.33. The van der Waals surface area contributed by atoms with Crippen molar-refractivity contribution in [1.29, 1.82) is 0 Å². The van der Waals surface area contributed by atoms with Gasteiger partial charge in [0, 0.05) is 29.8 Å². The first-order chi connectivity index (χ1) is 16.1. The van der Waals surface area contributed by atoms with Crippen LogP contribution in [-0.4, -0.2) is 29.4 Å². The third kappa shape index (κ3) is 3.10. The number of halogens is 1. The van der Waals surface area contributed by atoms with E-state index in [2.05, 4.69) is 20.3 Å². The van der Waals surface area contributed by atoms with Crippen molar-refractivity contribution in [2.24, 2.45) is 0 Å². The number of hydrogen-bond acceptors (Lipinski definition) is 4. The van der Waals surface area contributed by atoms with Gasteiger partial charge in [0.2, 0.25) is 0 Å². The Morgan fingerprint density at radius 1 is 1.06 bits per heavy atom. The summed E-state index contributed by atoms with van der Waals surface area (Å²) < 4.78 is 17.0. The molecule has 6 aromatic rings. The second-order valence-electron chi connectivity index (χ2n) is 8.06. The molecule has 33 heavy (non-hydrogen) atoms. The molecule has 0 aliphatic heterocycles. The number of nitrogens with one attached hydrogen (secondary N) is 1. The topological polar surface area (TPSA) is 80.9 Å². The number of rotatable bonds is 4. The van der Waals surface area contributed by atoms with Crippen molar-refractivity contribution < 1.29 is 4.39 Å². The van der Waals surface area contributed by atoms with Gasteiger partial charge < -0.3 is 9.55 Å². The molecule has 0 fully saturated rings. The fraction of sp³-hybridized carbons (Fsp3) is 0.120. The summed E-state index contributed by atoms with van der Waals surface area (Å²) in [5.74, 6) is -0.282. The maximum Gasteiger partial charge on any atom is 0.280 e. The number of benzene rings is 2. The highest BCUT2D eigenvalue weighted by atomic mass is 19.1. The van der Waals surface area contributed by atoms with Gasteiger partial charge in [0.15, 0.2) is 11.2 Å². The lowest BCUT2D eigenvalue weighted by Crippen LogP contribution is -2.22. The number of aryl methyl sites for hydroxylation is 3. The SMILES string of the molecule is Cc1nn2c(nnc3c(=O)n(CCc4c[nH]c5ccc(F)cc45)ccc32)c1-c1ccccc1. The standard InChI is InChI=1S/C25H19FN6O/c1-15-22(16-5-3-2-4-6-16)24-29-28-23-21(32(24)30-15)10-12-31(25(23)33)11-9-17-14-27-20-8-7-18(26)13-19(17)20/h2-8,10,12-14,27H,9,11H2,1H3. The molecule has 0 spiro atoms. The Kier molecular flexibility index (Phi) is 4.33. The van der Waals surface area contributed by atoms with Crippen LogP contribution in [0, 0.1) is 12.7 Å². The van der Waals surface area contributed by atoms with Crippen molar-refractivity contribution in [3.8, 4) is 11.1 Å². The van der Waals surface area contributed by atoms with Gasteiger partial charge in [-0.15, -0.1) is 10.2 Å². The Balaban J connectivity index is 1.40. The predicted molar refractivity (Wildman–Crippen MR) is 125 cm³/mol. The first-order valence-electron chi connectivity index (χ1n) is 10.7. The number of aromatic nitrogens is 6. The minimum atomic E-state index is -0.282. The van der Waals surface area contributed by atoms with Crippen molar-refractivity contribution in [2.45, 2.75) is 19.9 Å². The molecule has 4 heterocycles. The van der Waals surface area contributed by atoms with Crippen molar-refractivity contribution in [3.05, 3.63) is 94.4 Å². The van der Waals surface area contributed by atoms with E-state index >= 15 is 0 Å². The summed E-state index contributed by atoms with van der Waals surface area (Å²) in [6.07, 6.45) is 4.18. The summed E-state index contributed by atoms with van der Waals surface area (Å²) in [5, 5.41) is 14.1. The molecule has 0 unspecified atom stereocenters. The highest BCUT2D eigenvalue weighted by Gasteiger charge is 2.17. The van der Waals surface area contributed by atoms with E-state index < -0.39 is 0 Å². The molecule has 0 saturated carbocycles. The van der Waals surface area contributed by atoms with E-state index in [4.69, 9.17) is 0 Å². The molecule has 8 heteroatoms. The number of aromatic amines is 1. The van der Waals surface area contributed by atoms with E-state index in [1.807, 2.05) is 49.5 Å². The highest BCUT2D eigenvalue weighted by Crippen LogP contribution is 2.27. The van der Waals surface area contributed by atoms with E-state index in [0.29, 0.717) is 24.1 Å². The molecule has 0 bridgehead atoms. The second kappa shape index (κ2) is 7.37. The van der Waals surface area contributed by atoms with E-state index in [9.17, 15) is 9.18 Å². The summed E-state index contributed by atoms with van der Waals surface area (Å²) in [6, 6.07) is 16.4. The van der Waals surface area contributed by atoms with Gasteiger partial charge in [0.1, 0.15) is 11.3 Å². The van der Waals surface area contributed by atoms with E-state index in [1.54, 1.807) is 21.3 Å². The van der Waals surface area contributed by atoms with Crippen molar-refractivity contribution >= 4 is 27.6 Å². The molecule has 1 N–H and O–H groups in total. The van der Waals surface area contributed by atoms with Crippen LogP contribution < -0.4 is 5.56 Å². The molecule has 0 saturated heterocycles. The summed E-state index contributed by atoms with van der Waals surface area (Å²) in [5.41, 5.74) is 5.80. The van der Waals surface area contributed by atoms with E-state index in [1.165, 1.54) is 12.1 Å². The lowest BCUT2D eigenvalue weighted by atomic mass is 10.1. The van der Waals surface area contributed by atoms with Crippen LogP contribution in [0.3, 0.4) is 0 Å². The van der Waals surface area contributed by atoms with Gasteiger partial charge in [-0.1, -0.05) is 30.3 Å². The lowest BCUT2D eigenvalue weighted by Gasteiger charge is -2.07. The number of hydrogen-bond donors (Lipinski definition) is 1. The maximum absolute atomic E-state index is 13.7. The molecule has 0 radical (unpaired) electrons. The summed E-state index contributed by atoms with van der Waals surface area (Å²) >= 11 is 0. The van der Waals surface area contributed by atoms with Crippen molar-refractivity contribution in [2.75, 3.05) is 0 Å². The first kappa shape index (κ1) is 19.4. The van der Waals surface area contributed by atoms with Gasteiger partial charge >= 0.3 is 0 Å². The van der Waals surface area contributed by atoms with Crippen LogP contribution >= 0.6 is 0 Å². The van der Waals surface area contributed by atoms with Crippen LogP contribution in [-0.2, 0) is 13.0 Å². The zero-order valence-corrected chi connectivity index (χ0v) is 17.8. The Labute approximate surface area is 187 Å². The van der Waals surface area contributed by atoms with E-state index in [-0.39, 0.29) is 16.9 Å². The average molecular weight is 438 g/mol. The van der Waals surface area contributed by atoms with Gasteiger partial charge in [-0.05, 0) is 48.7 Å². The van der Waals surface area contributed by atoms with Crippen LogP contribution in [0.25, 0.3) is 38.7 Å². The lowest BCUT2D eigenvalue weighted by molar-refractivity contribution is 0.629. The molecular weight excluding hydrogens is 419 g/mol. The monoisotopic (exact) mass is 438 g/mol.